The second-order valence-corrected chi connectivity index (χ2v) is 9.78. The fraction of sp³-hybridized carbons (Fsp3) is 0.440. The summed E-state index contributed by atoms with van der Waals surface area (Å²) in [6, 6.07) is 15.6. The number of thioether (sulfide) groups is 1. The molecule has 0 aromatic heterocycles. The van der Waals surface area contributed by atoms with E-state index in [1.54, 1.807) is 11.8 Å². The van der Waals surface area contributed by atoms with Crippen LogP contribution < -0.4 is 5.32 Å². The zero-order valence-electron chi connectivity index (χ0n) is 18.6. The van der Waals surface area contributed by atoms with Crippen LogP contribution in [0.2, 0.25) is 0 Å². The Hall–Kier alpha value is -2.47. The molecule has 2 aromatic carbocycles. The summed E-state index contributed by atoms with van der Waals surface area (Å²) >= 11 is 1.61. The van der Waals surface area contributed by atoms with Crippen molar-refractivity contribution in [2.45, 2.75) is 51.7 Å². The van der Waals surface area contributed by atoms with E-state index in [0.29, 0.717) is 5.75 Å². The van der Waals surface area contributed by atoms with Crippen molar-refractivity contribution >= 4 is 23.8 Å². The van der Waals surface area contributed by atoms with Crippen LogP contribution in [0.25, 0.3) is 11.1 Å². The number of carbonyl (C=O) groups excluding carboxylic acids is 2. The summed E-state index contributed by atoms with van der Waals surface area (Å²) in [6.07, 6.45) is 0.395. The zero-order valence-corrected chi connectivity index (χ0v) is 19.5. The minimum atomic E-state index is -0.744. The van der Waals surface area contributed by atoms with E-state index in [4.69, 9.17) is 9.47 Å². The largest absolute Gasteiger partial charge is 0.458 e. The van der Waals surface area contributed by atoms with Gasteiger partial charge < -0.3 is 14.8 Å². The van der Waals surface area contributed by atoms with E-state index in [1.807, 2.05) is 45.0 Å². The second-order valence-electron chi connectivity index (χ2n) is 8.63. The molecule has 0 saturated carbocycles. The molecule has 166 valence electrons. The summed E-state index contributed by atoms with van der Waals surface area (Å²) in [6.45, 7) is 7.73. The molecular weight excluding hydrogens is 410 g/mol. The lowest BCUT2D eigenvalue weighted by molar-refractivity contribution is -0.156. The van der Waals surface area contributed by atoms with Crippen molar-refractivity contribution < 1.29 is 19.1 Å². The van der Waals surface area contributed by atoms with Gasteiger partial charge in [0.15, 0.2) is 0 Å². The highest BCUT2D eigenvalue weighted by molar-refractivity contribution is 7.99. The highest BCUT2D eigenvalue weighted by Crippen LogP contribution is 2.44. The Morgan fingerprint density at radius 1 is 1.03 bits per heavy atom. The van der Waals surface area contributed by atoms with Crippen LogP contribution in [-0.2, 0) is 14.3 Å². The van der Waals surface area contributed by atoms with Crippen molar-refractivity contribution in [3.63, 3.8) is 0 Å². The predicted molar refractivity (Wildman–Crippen MR) is 125 cm³/mol. The number of ether oxygens (including phenoxy) is 2. The van der Waals surface area contributed by atoms with Crippen LogP contribution in [0.3, 0.4) is 0 Å². The minimum Gasteiger partial charge on any atom is -0.458 e. The molecule has 0 bridgehead atoms. The van der Waals surface area contributed by atoms with Crippen LogP contribution in [0.1, 0.15) is 51.2 Å². The average molecular weight is 442 g/mol. The van der Waals surface area contributed by atoms with Gasteiger partial charge in [-0.05, 0) is 55.2 Å². The summed E-state index contributed by atoms with van der Waals surface area (Å²) in [4.78, 5) is 25.2. The molecular formula is C25H31NO4S. The fourth-order valence-electron chi connectivity index (χ4n) is 3.67. The third-order valence-corrected chi connectivity index (χ3v) is 6.23. The summed E-state index contributed by atoms with van der Waals surface area (Å²) in [5.41, 5.74) is 4.04. The van der Waals surface area contributed by atoms with Gasteiger partial charge in [-0.25, -0.2) is 9.59 Å². The first-order valence-electron chi connectivity index (χ1n) is 10.7. The Bertz CT molecular complexity index is 876. The van der Waals surface area contributed by atoms with E-state index in [9.17, 15) is 9.59 Å². The Labute approximate surface area is 188 Å². The molecule has 31 heavy (non-hydrogen) atoms. The van der Waals surface area contributed by atoms with Crippen molar-refractivity contribution in [3.8, 4) is 11.1 Å². The lowest BCUT2D eigenvalue weighted by atomic mass is 9.98. The molecule has 1 aliphatic carbocycles. The maximum atomic E-state index is 12.6. The second kappa shape index (κ2) is 10.2. The molecule has 1 aliphatic rings. The topological polar surface area (TPSA) is 64.6 Å². The molecule has 0 radical (unpaired) electrons. The summed E-state index contributed by atoms with van der Waals surface area (Å²) in [7, 11) is 0. The summed E-state index contributed by atoms with van der Waals surface area (Å²) in [5, 5.41) is 2.71. The molecule has 0 saturated heterocycles. The molecule has 5 nitrogen and oxygen atoms in total. The van der Waals surface area contributed by atoms with E-state index in [0.717, 1.165) is 23.3 Å². The number of hydrogen-bond acceptors (Lipinski definition) is 5. The summed E-state index contributed by atoms with van der Waals surface area (Å²) < 4.78 is 11.1. The van der Waals surface area contributed by atoms with Gasteiger partial charge in [0.25, 0.3) is 0 Å². The van der Waals surface area contributed by atoms with Gasteiger partial charge in [-0.2, -0.15) is 11.8 Å². The van der Waals surface area contributed by atoms with Crippen molar-refractivity contribution in [2.24, 2.45) is 0 Å². The van der Waals surface area contributed by atoms with Gasteiger partial charge in [-0.15, -0.1) is 0 Å². The highest BCUT2D eigenvalue weighted by Gasteiger charge is 2.30. The van der Waals surface area contributed by atoms with E-state index in [-0.39, 0.29) is 12.5 Å². The van der Waals surface area contributed by atoms with Crippen molar-refractivity contribution in [2.75, 3.05) is 18.1 Å². The SMILES string of the molecule is CCCSC[C@H](NC(=O)OCC1c2ccccc2-c2ccccc21)C(=O)OC(C)(C)C. The molecule has 6 heteroatoms. The van der Waals surface area contributed by atoms with Gasteiger partial charge in [-0.3, -0.25) is 0 Å². The molecule has 2 aromatic rings. The molecule has 0 unspecified atom stereocenters. The lowest BCUT2D eigenvalue weighted by Gasteiger charge is -2.24. The Kier molecular flexibility index (Phi) is 7.65. The number of nitrogens with one attached hydrogen (secondary N) is 1. The van der Waals surface area contributed by atoms with E-state index in [1.165, 1.54) is 11.1 Å². The number of amides is 1. The predicted octanol–water partition coefficient (Wildman–Crippen LogP) is 5.38. The molecule has 0 heterocycles. The van der Waals surface area contributed by atoms with Gasteiger partial charge in [-0.1, -0.05) is 55.5 Å². The Morgan fingerprint density at radius 3 is 2.16 bits per heavy atom. The highest BCUT2D eigenvalue weighted by atomic mass is 32.2. The molecule has 1 atom stereocenters. The smallest absolute Gasteiger partial charge is 0.407 e. The quantitative estimate of drug-likeness (QED) is 0.440. The van der Waals surface area contributed by atoms with Crippen LogP contribution in [0, 0.1) is 0 Å². The van der Waals surface area contributed by atoms with Gasteiger partial charge in [0.05, 0.1) is 0 Å². The van der Waals surface area contributed by atoms with Gasteiger partial charge >= 0.3 is 12.1 Å². The number of hydrogen-bond donors (Lipinski definition) is 1. The first kappa shape index (κ1) is 23.2. The zero-order chi connectivity index (χ0) is 22.4. The molecule has 0 fully saturated rings. The number of rotatable bonds is 8. The molecule has 1 N–H and O–H groups in total. The van der Waals surface area contributed by atoms with Crippen LogP contribution >= 0.6 is 11.8 Å². The van der Waals surface area contributed by atoms with Crippen LogP contribution in [-0.4, -0.2) is 41.8 Å². The number of benzene rings is 2. The molecule has 0 spiro atoms. The molecule has 0 aliphatic heterocycles. The van der Waals surface area contributed by atoms with Crippen molar-refractivity contribution in [1.82, 2.24) is 5.32 Å². The molecule has 3 rings (SSSR count). The van der Waals surface area contributed by atoms with E-state index in [2.05, 4.69) is 36.5 Å². The third-order valence-electron chi connectivity index (χ3n) is 4.96. The van der Waals surface area contributed by atoms with Gasteiger partial charge in [0, 0.05) is 11.7 Å². The first-order valence-corrected chi connectivity index (χ1v) is 11.9. The standard InChI is InChI=1S/C25H31NO4S/c1-5-14-31-16-22(23(27)30-25(2,3)4)26-24(28)29-15-21-19-12-8-6-10-17(19)18-11-7-9-13-20(18)21/h6-13,21-22H,5,14-16H2,1-4H3,(H,26,28)/t22-/m0/s1. The van der Waals surface area contributed by atoms with Gasteiger partial charge in [0.2, 0.25) is 0 Å². The lowest BCUT2D eigenvalue weighted by Crippen LogP contribution is -2.46. The maximum absolute atomic E-state index is 12.6. The Morgan fingerprint density at radius 2 is 1.61 bits per heavy atom. The monoisotopic (exact) mass is 441 g/mol. The number of fused-ring (bicyclic) bond motifs is 3. The number of esters is 1. The third kappa shape index (κ3) is 6.03. The van der Waals surface area contributed by atoms with E-state index >= 15 is 0 Å². The number of carbonyl (C=O) groups is 2. The van der Waals surface area contributed by atoms with Crippen LogP contribution in [0.4, 0.5) is 4.79 Å². The van der Waals surface area contributed by atoms with E-state index < -0.39 is 23.7 Å². The van der Waals surface area contributed by atoms with Crippen molar-refractivity contribution in [1.29, 1.82) is 0 Å². The molecule has 1 amide bonds. The van der Waals surface area contributed by atoms with Crippen molar-refractivity contribution in [3.05, 3.63) is 59.7 Å². The number of alkyl carbamates (subject to hydrolysis) is 1. The first-order chi connectivity index (χ1) is 14.8. The summed E-state index contributed by atoms with van der Waals surface area (Å²) in [5.74, 6) is 0.899. The fourth-order valence-corrected chi connectivity index (χ4v) is 4.58. The minimum absolute atomic E-state index is 0.0207. The maximum Gasteiger partial charge on any atom is 0.407 e. The van der Waals surface area contributed by atoms with Gasteiger partial charge in [0.1, 0.15) is 18.2 Å². The normalized spacial score (nSPS) is 13.8. The Balaban J connectivity index is 1.65. The van der Waals surface area contributed by atoms with Crippen LogP contribution in [0.5, 0.6) is 0 Å². The average Bonchev–Trinajstić information content (AvgIpc) is 3.04. The van der Waals surface area contributed by atoms with Crippen LogP contribution in [0.15, 0.2) is 48.5 Å².